The molecule has 1 N–H and O–H groups in total. The molecule has 134 valence electrons. The Kier molecular flexibility index (Phi) is 7.14. The monoisotopic (exact) mass is 343 g/mol. The predicted molar refractivity (Wildman–Crippen MR) is 97.4 cm³/mol. The van der Waals surface area contributed by atoms with Crippen molar-refractivity contribution in [3.8, 4) is 17.2 Å². The average Bonchev–Trinajstić information content (AvgIpc) is 2.66. The Hall–Kier alpha value is -2.69. The molecule has 2 aromatic rings. The molecular weight excluding hydrogens is 318 g/mol. The maximum atomic E-state index is 12.3. The van der Waals surface area contributed by atoms with Gasteiger partial charge in [0.2, 0.25) is 0 Å². The zero-order valence-corrected chi connectivity index (χ0v) is 15.0. The van der Waals surface area contributed by atoms with Gasteiger partial charge in [0, 0.05) is 6.54 Å². The van der Waals surface area contributed by atoms with Gasteiger partial charge in [0.15, 0.2) is 17.6 Å². The van der Waals surface area contributed by atoms with Crippen molar-refractivity contribution >= 4 is 5.91 Å². The molecule has 1 unspecified atom stereocenters. The van der Waals surface area contributed by atoms with Crippen LogP contribution in [-0.4, -0.2) is 32.8 Å². The normalized spacial score (nSPS) is 11.5. The second kappa shape index (κ2) is 9.57. The van der Waals surface area contributed by atoms with E-state index in [0.29, 0.717) is 36.6 Å². The van der Waals surface area contributed by atoms with E-state index in [1.54, 1.807) is 14.2 Å². The number of benzene rings is 2. The van der Waals surface area contributed by atoms with Gasteiger partial charge in [-0.2, -0.15) is 0 Å². The Bertz CT molecular complexity index is 673. The molecule has 0 saturated carbocycles. The molecule has 0 aliphatic carbocycles. The van der Waals surface area contributed by atoms with Crippen molar-refractivity contribution in [2.75, 3.05) is 20.8 Å². The smallest absolute Gasteiger partial charge is 0.261 e. The van der Waals surface area contributed by atoms with Crippen molar-refractivity contribution < 1.29 is 19.0 Å². The van der Waals surface area contributed by atoms with Crippen molar-refractivity contribution in [1.29, 1.82) is 0 Å². The van der Waals surface area contributed by atoms with E-state index in [0.717, 1.165) is 5.56 Å². The molecule has 0 saturated heterocycles. The molecule has 5 nitrogen and oxygen atoms in total. The van der Waals surface area contributed by atoms with Crippen LogP contribution >= 0.6 is 0 Å². The molecule has 2 rings (SSSR count). The second-order valence-corrected chi connectivity index (χ2v) is 5.56. The molecule has 1 atom stereocenters. The number of carbonyl (C=O) groups excluding carboxylic acids is 1. The highest BCUT2D eigenvalue weighted by atomic mass is 16.5. The minimum Gasteiger partial charge on any atom is -0.493 e. The SMILES string of the molecule is CCC(Oc1ccccc1)C(=O)NCCc1ccc(OC)c(OC)c1. The lowest BCUT2D eigenvalue weighted by molar-refractivity contribution is -0.128. The van der Waals surface area contributed by atoms with Gasteiger partial charge >= 0.3 is 0 Å². The molecule has 0 fully saturated rings. The lowest BCUT2D eigenvalue weighted by Crippen LogP contribution is -2.38. The van der Waals surface area contributed by atoms with E-state index >= 15 is 0 Å². The number of hydrogen-bond donors (Lipinski definition) is 1. The standard InChI is InChI=1S/C20H25NO4/c1-4-17(25-16-8-6-5-7-9-16)20(22)21-13-12-15-10-11-18(23-2)19(14-15)24-3/h5-11,14,17H,4,12-13H2,1-3H3,(H,21,22). The molecule has 5 heteroatoms. The number of ether oxygens (including phenoxy) is 3. The van der Waals surface area contributed by atoms with Gasteiger partial charge in [-0.3, -0.25) is 4.79 Å². The van der Waals surface area contributed by atoms with Gasteiger partial charge in [-0.15, -0.1) is 0 Å². The summed E-state index contributed by atoms with van der Waals surface area (Å²) < 4.78 is 16.3. The Morgan fingerprint density at radius 1 is 1.04 bits per heavy atom. The van der Waals surface area contributed by atoms with Crippen LogP contribution in [0.5, 0.6) is 17.2 Å². The topological polar surface area (TPSA) is 56.8 Å². The third kappa shape index (κ3) is 5.41. The third-order valence-electron chi connectivity index (χ3n) is 3.85. The van der Waals surface area contributed by atoms with Crippen LogP contribution in [-0.2, 0) is 11.2 Å². The van der Waals surface area contributed by atoms with Crippen LogP contribution < -0.4 is 19.5 Å². The maximum Gasteiger partial charge on any atom is 0.261 e. The number of carbonyl (C=O) groups is 1. The number of nitrogens with one attached hydrogen (secondary N) is 1. The van der Waals surface area contributed by atoms with Gasteiger partial charge in [-0.25, -0.2) is 0 Å². The summed E-state index contributed by atoms with van der Waals surface area (Å²) in [6.45, 7) is 2.46. The number of methoxy groups -OCH3 is 2. The van der Waals surface area contributed by atoms with E-state index in [9.17, 15) is 4.79 Å². The average molecular weight is 343 g/mol. The summed E-state index contributed by atoms with van der Waals surface area (Å²) in [5, 5.41) is 2.93. The van der Waals surface area contributed by atoms with E-state index in [4.69, 9.17) is 14.2 Å². The Morgan fingerprint density at radius 2 is 1.76 bits per heavy atom. The number of rotatable bonds is 9. The van der Waals surface area contributed by atoms with Crippen molar-refractivity contribution in [3.63, 3.8) is 0 Å². The summed E-state index contributed by atoms with van der Waals surface area (Å²) in [6, 6.07) is 15.1. The fourth-order valence-electron chi connectivity index (χ4n) is 2.47. The fourth-order valence-corrected chi connectivity index (χ4v) is 2.47. The summed E-state index contributed by atoms with van der Waals surface area (Å²) in [5.74, 6) is 1.97. The van der Waals surface area contributed by atoms with Crippen molar-refractivity contribution in [2.45, 2.75) is 25.9 Å². The first-order chi connectivity index (χ1) is 12.2. The van der Waals surface area contributed by atoms with Crippen molar-refractivity contribution in [1.82, 2.24) is 5.32 Å². The summed E-state index contributed by atoms with van der Waals surface area (Å²) in [5.41, 5.74) is 1.06. The molecule has 1 amide bonds. The zero-order valence-electron chi connectivity index (χ0n) is 15.0. The molecule has 0 aliphatic rings. The predicted octanol–water partition coefficient (Wildman–Crippen LogP) is 3.22. The van der Waals surface area contributed by atoms with Crippen LogP contribution in [0.1, 0.15) is 18.9 Å². The van der Waals surface area contributed by atoms with Crippen molar-refractivity contribution in [3.05, 3.63) is 54.1 Å². The number of hydrogen-bond acceptors (Lipinski definition) is 4. The van der Waals surface area contributed by atoms with Crippen LogP contribution in [0.3, 0.4) is 0 Å². The minimum atomic E-state index is -0.493. The lowest BCUT2D eigenvalue weighted by atomic mass is 10.1. The highest BCUT2D eigenvalue weighted by Crippen LogP contribution is 2.27. The van der Waals surface area contributed by atoms with Crippen LogP contribution in [0.4, 0.5) is 0 Å². The molecule has 25 heavy (non-hydrogen) atoms. The van der Waals surface area contributed by atoms with E-state index in [2.05, 4.69) is 5.32 Å². The zero-order chi connectivity index (χ0) is 18.1. The molecule has 0 aromatic heterocycles. The van der Waals surface area contributed by atoms with Crippen molar-refractivity contribution in [2.24, 2.45) is 0 Å². The Balaban J connectivity index is 1.86. The first-order valence-corrected chi connectivity index (χ1v) is 8.38. The summed E-state index contributed by atoms with van der Waals surface area (Å²) >= 11 is 0. The summed E-state index contributed by atoms with van der Waals surface area (Å²) in [6.07, 6.45) is 0.818. The van der Waals surface area contributed by atoms with Crippen LogP contribution in [0.15, 0.2) is 48.5 Å². The van der Waals surface area contributed by atoms with Crippen LogP contribution in [0.25, 0.3) is 0 Å². The minimum absolute atomic E-state index is 0.105. The first kappa shape index (κ1) is 18.6. The Morgan fingerprint density at radius 3 is 2.40 bits per heavy atom. The molecule has 0 bridgehead atoms. The number of para-hydroxylation sites is 1. The first-order valence-electron chi connectivity index (χ1n) is 8.38. The van der Waals surface area contributed by atoms with E-state index < -0.39 is 6.10 Å². The van der Waals surface area contributed by atoms with Gasteiger partial charge in [0.25, 0.3) is 5.91 Å². The van der Waals surface area contributed by atoms with E-state index in [1.165, 1.54) is 0 Å². The van der Waals surface area contributed by atoms with Crippen LogP contribution in [0.2, 0.25) is 0 Å². The largest absolute Gasteiger partial charge is 0.493 e. The van der Waals surface area contributed by atoms with E-state index in [-0.39, 0.29) is 5.91 Å². The highest BCUT2D eigenvalue weighted by molar-refractivity contribution is 5.81. The van der Waals surface area contributed by atoms with Crippen LogP contribution in [0, 0.1) is 0 Å². The third-order valence-corrected chi connectivity index (χ3v) is 3.85. The molecule has 0 radical (unpaired) electrons. The molecule has 0 spiro atoms. The van der Waals surface area contributed by atoms with Gasteiger partial charge < -0.3 is 19.5 Å². The molecular formula is C20H25NO4. The van der Waals surface area contributed by atoms with Gasteiger partial charge in [-0.1, -0.05) is 31.2 Å². The Labute approximate surface area is 148 Å². The molecule has 0 heterocycles. The molecule has 0 aliphatic heterocycles. The maximum absolute atomic E-state index is 12.3. The lowest BCUT2D eigenvalue weighted by Gasteiger charge is -2.17. The fraction of sp³-hybridized carbons (Fsp3) is 0.350. The van der Waals surface area contributed by atoms with Gasteiger partial charge in [-0.05, 0) is 42.7 Å². The highest BCUT2D eigenvalue weighted by Gasteiger charge is 2.17. The second-order valence-electron chi connectivity index (χ2n) is 5.56. The summed E-state index contributed by atoms with van der Waals surface area (Å²) in [7, 11) is 3.21. The quantitative estimate of drug-likeness (QED) is 0.759. The van der Waals surface area contributed by atoms with Gasteiger partial charge in [0.05, 0.1) is 14.2 Å². The van der Waals surface area contributed by atoms with E-state index in [1.807, 2.05) is 55.5 Å². The molecule has 2 aromatic carbocycles. The van der Waals surface area contributed by atoms with Gasteiger partial charge in [0.1, 0.15) is 5.75 Å². The number of amides is 1. The summed E-state index contributed by atoms with van der Waals surface area (Å²) in [4.78, 5) is 12.3.